The summed E-state index contributed by atoms with van der Waals surface area (Å²) in [5.41, 5.74) is 7.48. The predicted molar refractivity (Wildman–Crippen MR) is 110 cm³/mol. The number of anilines is 2. The van der Waals surface area contributed by atoms with Crippen LogP contribution in [0, 0.1) is 34.4 Å². The summed E-state index contributed by atoms with van der Waals surface area (Å²) in [7, 11) is 7.63. The van der Waals surface area contributed by atoms with Gasteiger partial charge in [0.15, 0.2) is 0 Å². The molecule has 3 rings (SSSR count). The van der Waals surface area contributed by atoms with E-state index in [4.69, 9.17) is 9.47 Å². The third-order valence-corrected chi connectivity index (χ3v) is 4.84. The Morgan fingerprint density at radius 2 is 1.04 bits per heavy atom. The van der Waals surface area contributed by atoms with Crippen LogP contribution in [0.15, 0.2) is 24.3 Å². The standard InChI is InChI=1S/C21H27N2O2.ClH.Cu/c1-14-9-18(24-5)10-15(2)20(14)22-7-8-23(13-22)21-16(3)11-19(25-6)12-17(21)4;;/h9-13H,7-8H2,1-6H3;1H;/q-1;;+2/p-1. The molecule has 0 saturated carbocycles. The van der Waals surface area contributed by atoms with Crippen molar-refractivity contribution in [2.45, 2.75) is 27.7 Å². The average Bonchev–Trinajstić information content (AvgIpc) is 3.11. The van der Waals surface area contributed by atoms with Crippen LogP contribution in [-0.2, 0) is 15.1 Å². The normalized spacial score (nSPS) is 13.4. The summed E-state index contributed by atoms with van der Waals surface area (Å²) in [5, 5.41) is 0. The van der Waals surface area contributed by atoms with Crippen molar-refractivity contribution in [3.8, 4) is 11.5 Å². The molecule has 27 heavy (non-hydrogen) atoms. The Balaban J connectivity index is 0.00000126. The second kappa shape index (κ2) is 9.59. The third-order valence-electron chi connectivity index (χ3n) is 4.84. The molecule has 1 saturated heterocycles. The molecule has 0 aliphatic carbocycles. The molecular weight excluding hydrogens is 411 g/mol. The van der Waals surface area contributed by atoms with Gasteiger partial charge in [-0.1, -0.05) is 0 Å². The first-order chi connectivity index (χ1) is 12.9. The first-order valence-corrected chi connectivity index (χ1v) is 10.0. The van der Waals surface area contributed by atoms with Gasteiger partial charge in [0.05, 0.1) is 14.2 Å². The second-order valence-electron chi connectivity index (χ2n) is 6.72. The van der Waals surface area contributed by atoms with E-state index in [0.29, 0.717) is 0 Å². The summed E-state index contributed by atoms with van der Waals surface area (Å²) < 4.78 is 10.8. The summed E-state index contributed by atoms with van der Waals surface area (Å²) in [4.78, 5) is 4.68. The monoisotopic (exact) mass is 437 g/mol. The SMILES string of the molecule is COc1cc(C)c(N2[CH-]N(c3c(C)cc(OC)cc3C)CC2)c(C)c1.[Cl][Cu+]. The molecule has 0 bridgehead atoms. The number of halogens is 1. The second-order valence-corrected chi connectivity index (χ2v) is 6.72. The fraction of sp³-hybridized carbons (Fsp3) is 0.381. The van der Waals surface area contributed by atoms with Gasteiger partial charge < -0.3 is 19.3 Å². The molecule has 1 heterocycles. The van der Waals surface area contributed by atoms with Gasteiger partial charge in [-0.3, -0.25) is 0 Å². The van der Waals surface area contributed by atoms with Gasteiger partial charge >= 0.3 is 25.2 Å². The molecule has 1 fully saturated rings. The number of benzene rings is 2. The van der Waals surface area contributed by atoms with E-state index in [9.17, 15) is 0 Å². The summed E-state index contributed by atoms with van der Waals surface area (Å²) in [5.74, 6) is 1.83. The van der Waals surface area contributed by atoms with E-state index in [-0.39, 0.29) is 0 Å². The van der Waals surface area contributed by atoms with E-state index in [1.807, 2.05) is 0 Å². The molecule has 0 N–H and O–H groups in total. The molecule has 4 nitrogen and oxygen atoms in total. The fourth-order valence-corrected chi connectivity index (χ4v) is 3.81. The summed E-state index contributed by atoms with van der Waals surface area (Å²) >= 11 is 3.66. The molecule has 6 heteroatoms. The quantitative estimate of drug-likeness (QED) is 0.492. The Hall–Kier alpha value is -1.55. The van der Waals surface area contributed by atoms with Crippen LogP contribution < -0.4 is 19.3 Å². The average molecular weight is 438 g/mol. The molecule has 0 radical (unpaired) electrons. The Labute approximate surface area is 175 Å². The van der Waals surface area contributed by atoms with E-state index in [2.05, 4.69) is 93.6 Å². The van der Waals surface area contributed by atoms with Crippen molar-refractivity contribution < 1.29 is 24.6 Å². The van der Waals surface area contributed by atoms with Gasteiger partial charge in [-0.05, 0) is 74.2 Å². The summed E-state index contributed by atoms with van der Waals surface area (Å²) in [6.45, 7) is 12.7. The van der Waals surface area contributed by atoms with Gasteiger partial charge in [0.25, 0.3) is 0 Å². The first kappa shape index (κ1) is 21.7. The molecule has 1 aliphatic rings. The van der Waals surface area contributed by atoms with E-state index in [0.717, 1.165) is 24.6 Å². The van der Waals surface area contributed by atoms with Crippen molar-refractivity contribution in [3.63, 3.8) is 0 Å². The van der Waals surface area contributed by atoms with Crippen molar-refractivity contribution in [2.24, 2.45) is 0 Å². The molecular formula is C21H27ClCuN2O2. The van der Waals surface area contributed by atoms with Crippen molar-refractivity contribution in [2.75, 3.05) is 37.1 Å². The minimum atomic E-state index is 0.914. The number of rotatable bonds is 4. The first-order valence-electron chi connectivity index (χ1n) is 8.74. The number of aryl methyl sites for hydroxylation is 4. The van der Waals surface area contributed by atoms with Gasteiger partial charge in [-0.2, -0.15) is 6.67 Å². The Kier molecular flexibility index (Phi) is 7.72. The minimum absolute atomic E-state index is 0.914. The number of ether oxygens (including phenoxy) is 2. The zero-order chi connectivity index (χ0) is 20.1. The molecule has 151 valence electrons. The van der Waals surface area contributed by atoms with Gasteiger partial charge in [-0.15, -0.1) is 0 Å². The zero-order valence-electron chi connectivity index (χ0n) is 16.7. The molecule has 2 aromatic rings. The van der Waals surface area contributed by atoms with Crippen molar-refractivity contribution in [1.29, 1.82) is 0 Å². The Morgan fingerprint density at radius 1 is 0.741 bits per heavy atom. The molecule has 0 aromatic heterocycles. The number of hydrogen-bond acceptors (Lipinski definition) is 4. The number of nitrogens with zero attached hydrogens (tertiary/aromatic N) is 2. The number of methoxy groups -OCH3 is 2. The van der Waals surface area contributed by atoms with Gasteiger partial charge in [-0.25, -0.2) is 0 Å². The van der Waals surface area contributed by atoms with Crippen LogP contribution in [0.3, 0.4) is 0 Å². The van der Waals surface area contributed by atoms with E-state index in [1.165, 1.54) is 33.6 Å². The maximum atomic E-state index is 5.39. The molecule has 0 spiro atoms. The van der Waals surface area contributed by atoms with Gasteiger partial charge in [0, 0.05) is 24.5 Å². The Bertz CT molecular complexity index is 686. The fourth-order valence-electron chi connectivity index (χ4n) is 3.81. The van der Waals surface area contributed by atoms with Crippen LogP contribution >= 0.6 is 10.1 Å². The Morgan fingerprint density at radius 3 is 1.30 bits per heavy atom. The van der Waals surface area contributed by atoms with Crippen LogP contribution in [0.1, 0.15) is 22.3 Å². The topological polar surface area (TPSA) is 24.9 Å². The van der Waals surface area contributed by atoms with Crippen LogP contribution in [0.2, 0.25) is 0 Å². The van der Waals surface area contributed by atoms with Crippen LogP contribution in [-0.4, -0.2) is 27.3 Å². The van der Waals surface area contributed by atoms with Crippen molar-refractivity contribution >= 4 is 21.5 Å². The van der Waals surface area contributed by atoms with Crippen LogP contribution in [0.5, 0.6) is 11.5 Å². The number of hydrogen-bond donors (Lipinski definition) is 0. The summed E-state index contributed by atoms with van der Waals surface area (Å²) in [6.07, 6.45) is 0. The van der Waals surface area contributed by atoms with E-state index in [1.54, 1.807) is 14.2 Å². The predicted octanol–water partition coefficient (Wildman–Crippen LogP) is 5.07. The van der Waals surface area contributed by atoms with Crippen molar-refractivity contribution in [1.82, 2.24) is 0 Å². The van der Waals surface area contributed by atoms with Crippen LogP contribution in [0.4, 0.5) is 11.4 Å². The molecule has 0 atom stereocenters. The van der Waals surface area contributed by atoms with Crippen LogP contribution in [0.25, 0.3) is 0 Å². The van der Waals surface area contributed by atoms with Gasteiger partial charge in [0.2, 0.25) is 0 Å². The molecule has 0 amide bonds. The summed E-state index contributed by atoms with van der Waals surface area (Å²) in [6, 6.07) is 8.40. The van der Waals surface area contributed by atoms with E-state index < -0.39 is 0 Å². The zero-order valence-corrected chi connectivity index (χ0v) is 18.4. The molecule has 0 unspecified atom stereocenters. The van der Waals surface area contributed by atoms with E-state index >= 15 is 0 Å². The van der Waals surface area contributed by atoms with Gasteiger partial charge in [0.1, 0.15) is 11.5 Å². The molecule has 2 aromatic carbocycles. The maximum absolute atomic E-state index is 5.39. The third kappa shape index (κ3) is 4.66. The van der Waals surface area contributed by atoms with Crippen molar-refractivity contribution in [3.05, 3.63) is 53.2 Å². The molecule has 1 aliphatic heterocycles.